The second-order valence-corrected chi connectivity index (χ2v) is 4.32. The van der Waals surface area contributed by atoms with Crippen LogP contribution in [0.3, 0.4) is 0 Å². The van der Waals surface area contributed by atoms with Gasteiger partial charge in [-0.2, -0.15) is 0 Å². The third kappa shape index (κ3) is 4.45. The Morgan fingerprint density at radius 1 is 1.31 bits per heavy atom. The predicted molar refractivity (Wildman–Crippen MR) is 63.7 cm³/mol. The number of benzene rings is 1. The van der Waals surface area contributed by atoms with Crippen molar-refractivity contribution < 1.29 is 9.53 Å². The number of primary amides is 1. The summed E-state index contributed by atoms with van der Waals surface area (Å²) in [6.07, 6.45) is 0.183. The molecule has 0 heterocycles. The number of hydrogen-bond acceptors (Lipinski definition) is 2. The number of amides is 1. The normalized spacial score (nSPS) is 12.7. The van der Waals surface area contributed by atoms with Gasteiger partial charge in [0.25, 0.3) is 0 Å². The van der Waals surface area contributed by atoms with Crippen molar-refractivity contribution in [3.63, 3.8) is 0 Å². The minimum atomic E-state index is -0.486. The fourth-order valence-corrected chi connectivity index (χ4v) is 1.47. The molecule has 1 amide bonds. The fourth-order valence-electron chi connectivity index (χ4n) is 1.47. The van der Waals surface area contributed by atoms with Crippen LogP contribution in [0.5, 0.6) is 0 Å². The summed E-state index contributed by atoms with van der Waals surface area (Å²) < 4.78 is 5.53. The first-order valence-corrected chi connectivity index (χ1v) is 5.54. The Labute approximate surface area is 96.6 Å². The topological polar surface area (TPSA) is 52.3 Å². The highest BCUT2D eigenvalue weighted by Gasteiger charge is 2.17. The zero-order valence-electron chi connectivity index (χ0n) is 9.85. The maximum atomic E-state index is 11.2. The maximum absolute atomic E-state index is 11.2. The van der Waals surface area contributed by atoms with Gasteiger partial charge in [-0.05, 0) is 17.9 Å². The molecule has 3 heteroatoms. The largest absolute Gasteiger partial charge is 0.367 e. The number of nitrogens with two attached hydrogens (primary N) is 1. The lowest BCUT2D eigenvalue weighted by Gasteiger charge is -2.16. The van der Waals surface area contributed by atoms with E-state index in [0.29, 0.717) is 18.9 Å². The highest BCUT2D eigenvalue weighted by Crippen LogP contribution is 2.10. The summed E-state index contributed by atoms with van der Waals surface area (Å²) in [4.78, 5) is 11.2. The minimum absolute atomic E-state index is 0.385. The van der Waals surface area contributed by atoms with E-state index in [9.17, 15) is 4.79 Å². The molecule has 2 N–H and O–H groups in total. The van der Waals surface area contributed by atoms with E-state index in [-0.39, 0.29) is 5.91 Å². The summed E-state index contributed by atoms with van der Waals surface area (Å²) in [5, 5.41) is 0. The number of rotatable bonds is 6. The Morgan fingerprint density at radius 3 is 2.44 bits per heavy atom. The fraction of sp³-hybridized carbons (Fsp3) is 0.462. The van der Waals surface area contributed by atoms with Crippen molar-refractivity contribution >= 4 is 5.91 Å². The lowest BCUT2D eigenvalue weighted by atomic mass is 10.1. The van der Waals surface area contributed by atoms with E-state index in [2.05, 4.69) is 0 Å². The molecule has 0 bridgehead atoms. The highest BCUT2D eigenvalue weighted by atomic mass is 16.5. The van der Waals surface area contributed by atoms with Crippen LogP contribution < -0.4 is 5.73 Å². The molecular formula is C13H19NO2. The lowest BCUT2D eigenvalue weighted by Crippen LogP contribution is -2.32. The zero-order chi connectivity index (χ0) is 12.0. The molecule has 0 aliphatic heterocycles. The Kier molecular flexibility index (Phi) is 4.99. The molecule has 0 aromatic heterocycles. The van der Waals surface area contributed by atoms with E-state index in [1.54, 1.807) is 0 Å². The van der Waals surface area contributed by atoms with Crippen LogP contribution in [0, 0.1) is 5.92 Å². The Balaban J connectivity index is 2.47. The average Bonchev–Trinajstić information content (AvgIpc) is 2.25. The summed E-state index contributed by atoms with van der Waals surface area (Å²) in [7, 11) is 0. The van der Waals surface area contributed by atoms with Crippen molar-refractivity contribution in [2.45, 2.75) is 33.0 Å². The van der Waals surface area contributed by atoms with Crippen molar-refractivity contribution in [1.82, 2.24) is 0 Å². The average molecular weight is 221 g/mol. The van der Waals surface area contributed by atoms with E-state index in [4.69, 9.17) is 10.5 Å². The molecule has 0 unspecified atom stereocenters. The molecule has 3 nitrogen and oxygen atoms in total. The first-order valence-electron chi connectivity index (χ1n) is 5.54. The third-order valence-corrected chi connectivity index (χ3v) is 2.30. The summed E-state index contributed by atoms with van der Waals surface area (Å²) in [5.41, 5.74) is 6.34. The van der Waals surface area contributed by atoms with Crippen molar-refractivity contribution in [3.05, 3.63) is 35.9 Å². The van der Waals surface area contributed by atoms with Gasteiger partial charge in [0.1, 0.15) is 6.10 Å². The van der Waals surface area contributed by atoms with Crippen LogP contribution in [0.2, 0.25) is 0 Å². The Morgan fingerprint density at radius 2 is 1.94 bits per heavy atom. The Bertz CT molecular complexity index is 322. The van der Waals surface area contributed by atoms with Crippen molar-refractivity contribution in [2.75, 3.05) is 0 Å². The van der Waals surface area contributed by atoms with Crippen molar-refractivity contribution in [1.29, 1.82) is 0 Å². The van der Waals surface area contributed by atoms with Crippen molar-refractivity contribution in [2.24, 2.45) is 11.7 Å². The zero-order valence-corrected chi connectivity index (χ0v) is 9.85. The number of carbonyl (C=O) groups excluding carboxylic acids is 1. The predicted octanol–water partition coefficient (Wildman–Crippen LogP) is 2.10. The molecule has 0 fully saturated rings. The summed E-state index contributed by atoms with van der Waals surface area (Å²) in [5.74, 6) is 0.0119. The van der Waals surface area contributed by atoms with Gasteiger partial charge in [0.2, 0.25) is 5.91 Å². The van der Waals surface area contributed by atoms with Gasteiger partial charge in [0.05, 0.1) is 6.61 Å². The molecule has 0 spiro atoms. The van der Waals surface area contributed by atoms with Crippen LogP contribution in [0.4, 0.5) is 0 Å². The SMILES string of the molecule is CC(C)C[C@H](OCc1ccccc1)C(N)=O. The first-order chi connectivity index (χ1) is 7.59. The van der Waals surface area contributed by atoms with Crippen LogP contribution in [-0.2, 0) is 16.1 Å². The van der Waals surface area contributed by atoms with E-state index in [1.807, 2.05) is 44.2 Å². The maximum Gasteiger partial charge on any atom is 0.246 e. The molecule has 1 aromatic rings. The van der Waals surface area contributed by atoms with Crippen molar-refractivity contribution in [3.8, 4) is 0 Å². The van der Waals surface area contributed by atoms with Gasteiger partial charge in [-0.25, -0.2) is 0 Å². The molecule has 0 aliphatic carbocycles. The van der Waals surface area contributed by atoms with Crippen LogP contribution in [-0.4, -0.2) is 12.0 Å². The molecule has 0 saturated heterocycles. The standard InChI is InChI=1S/C13H19NO2/c1-10(2)8-12(13(14)15)16-9-11-6-4-3-5-7-11/h3-7,10,12H,8-9H2,1-2H3,(H2,14,15)/t12-/m0/s1. The molecule has 0 saturated carbocycles. The lowest BCUT2D eigenvalue weighted by molar-refractivity contribution is -0.131. The molecule has 16 heavy (non-hydrogen) atoms. The quantitative estimate of drug-likeness (QED) is 0.799. The highest BCUT2D eigenvalue weighted by molar-refractivity contribution is 5.78. The van der Waals surface area contributed by atoms with Gasteiger partial charge < -0.3 is 10.5 Å². The van der Waals surface area contributed by atoms with Gasteiger partial charge in [-0.3, -0.25) is 4.79 Å². The van der Waals surface area contributed by atoms with Gasteiger partial charge in [0, 0.05) is 0 Å². The summed E-state index contributed by atoms with van der Waals surface area (Å²) >= 11 is 0. The molecular weight excluding hydrogens is 202 g/mol. The third-order valence-electron chi connectivity index (χ3n) is 2.30. The summed E-state index contributed by atoms with van der Waals surface area (Å²) in [6.45, 7) is 4.52. The number of hydrogen-bond donors (Lipinski definition) is 1. The van der Waals surface area contributed by atoms with Crippen LogP contribution >= 0.6 is 0 Å². The van der Waals surface area contributed by atoms with Gasteiger partial charge in [-0.1, -0.05) is 44.2 Å². The van der Waals surface area contributed by atoms with Gasteiger partial charge in [0.15, 0.2) is 0 Å². The number of carbonyl (C=O) groups is 1. The Hall–Kier alpha value is -1.35. The van der Waals surface area contributed by atoms with Crippen LogP contribution in [0.1, 0.15) is 25.8 Å². The van der Waals surface area contributed by atoms with Gasteiger partial charge >= 0.3 is 0 Å². The van der Waals surface area contributed by atoms with E-state index in [1.165, 1.54) is 0 Å². The van der Waals surface area contributed by atoms with E-state index < -0.39 is 6.10 Å². The number of ether oxygens (including phenoxy) is 1. The molecule has 1 rings (SSSR count). The molecule has 0 aliphatic rings. The van der Waals surface area contributed by atoms with Crippen LogP contribution in [0.25, 0.3) is 0 Å². The minimum Gasteiger partial charge on any atom is -0.367 e. The molecule has 1 atom stereocenters. The first kappa shape index (κ1) is 12.7. The second kappa shape index (κ2) is 6.28. The molecule has 1 aromatic carbocycles. The van der Waals surface area contributed by atoms with E-state index >= 15 is 0 Å². The second-order valence-electron chi connectivity index (χ2n) is 4.32. The van der Waals surface area contributed by atoms with E-state index in [0.717, 1.165) is 5.56 Å². The smallest absolute Gasteiger partial charge is 0.246 e. The molecule has 88 valence electrons. The molecule has 0 radical (unpaired) electrons. The van der Waals surface area contributed by atoms with Crippen LogP contribution in [0.15, 0.2) is 30.3 Å². The van der Waals surface area contributed by atoms with Gasteiger partial charge in [-0.15, -0.1) is 0 Å². The monoisotopic (exact) mass is 221 g/mol. The summed E-state index contributed by atoms with van der Waals surface area (Å²) in [6, 6.07) is 9.77.